The standard InChI is InChI=1S/C13H19ClN4O2/c1-13(20-2)5-3-7-18(8-13)12-10(14)9(4-6-16-12)11(15)17-19/h4,6,19H,3,5,7-8H2,1-2H3,(H2,15,17). The van der Waals surface area contributed by atoms with Gasteiger partial charge in [-0.05, 0) is 25.8 Å². The van der Waals surface area contributed by atoms with E-state index in [2.05, 4.69) is 22.0 Å². The van der Waals surface area contributed by atoms with Crippen LogP contribution in [0.15, 0.2) is 17.4 Å². The van der Waals surface area contributed by atoms with Gasteiger partial charge in [-0.1, -0.05) is 16.8 Å². The fourth-order valence-corrected chi connectivity index (χ4v) is 2.79. The lowest BCUT2D eigenvalue weighted by molar-refractivity contribution is -0.00480. The summed E-state index contributed by atoms with van der Waals surface area (Å²) in [6.45, 7) is 3.63. The molecule has 0 bridgehead atoms. The SMILES string of the molecule is COC1(C)CCCN(c2nccc(/C(N)=N/O)c2Cl)C1. The summed E-state index contributed by atoms with van der Waals surface area (Å²) in [7, 11) is 1.71. The van der Waals surface area contributed by atoms with Gasteiger partial charge in [-0.15, -0.1) is 0 Å². The Balaban J connectivity index is 2.34. The number of halogens is 1. The van der Waals surface area contributed by atoms with Gasteiger partial charge in [0.1, 0.15) is 5.82 Å². The third kappa shape index (κ3) is 2.81. The van der Waals surface area contributed by atoms with Gasteiger partial charge in [0.2, 0.25) is 0 Å². The van der Waals surface area contributed by atoms with Gasteiger partial charge >= 0.3 is 0 Å². The number of hydrogen-bond acceptors (Lipinski definition) is 5. The first kappa shape index (κ1) is 14.9. The molecule has 1 unspecified atom stereocenters. The molecule has 3 N–H and O–H groups in total. The van der Waals surface area contributed by atoms with Crippen molar-refractivity contribution in [2.24, 2.45) is 10.9 Å². The normalized spacial score (nSPS) is 23.9. The zero-order chi connectivity index (χ0) is 14.8. The molecule has 1 aromatic rings. The van der Waals surface area contributed by atoms with Crippen LogP contribution in [0.5, 0.6) is 0 Å². The molecule has 1 saturated heterocycles. The van der Waals surface area contributed by atoms with Crippen LogP contribution >= 0.6 is 11.6 Å². The molecule has 20 heavy (non-hydrogen) atoms. The number of methoxy groups -OCH3 is 1. The van der Waals surface area contributed by atoms with Gasteiger partial charge in [-0.3, -0.25) is 0 Å². The molecule has 7 heteroatoms. The minimum Gasteiger partial charge on any atom is -0.409 e. The number of hydrogen-bond donors (Lipinski definition) is 2. The average molecular weight is 299 g/mol. The second kappa shape index (κ2) is 5.85. The Kier molecular flexibility index (Phi) is 4.35. The van der Waals surface area contributed by atoms with Crippen LogP contribution in [0.4, 0.5) is 5.82 Å². The van der Waals surface area contributed by atoms with Gasteiger partial charge in [-0.25, -0.2) is 4.98 Å². The van der Waals surface area contributed by atoms with E-state index >= 15 is 0 Å². The number of nitrogens with zero attached hydrogens (tertiary/aromatic N) is 3. The lowest BCUT2D eigenvalue weighted by atomic mass is 9.94. The number of anilines is 1. The third-order valence-corrected chi connectivity index (χ3v) is 4.08. The molecule has 6 nitrogen and oxygen atoms in total. The second-order valence-corrected chi connectivity index (χ2v) is 5.54. The molecule has 0 spiro atoms. The first-order valence-corrected chi connectivity index (χ1v) is 6.81. The van der Waals surface area contributed by atoms with E-state index < -0.39 is 0 Å². The molecule has 0 saturated carbocycles. The maximum atomic E-state index is 8.79. The highest BCUT2D eigenvalue weighted by atomic mass is 35.5. The zero-order valence-corrected chi connectivity index (χ0v) is 12.4. The predicted molar refractivity (Wildman–Crippen MR) is 78.6 cm³/mol. The topological polar surface area (TPSA) is 84.0 Å². The van der Waals surface area contributed by atoms with Crippen LogP contribution in [0.1, 0.15) is 25.3 Å². The van der Waals surface area contributed by atoms with Crippen molar-refractivity contribution in [2.45, 2.75) is 25.4 Å². The Morgan fingerprint density at radius 2 is 2.40 bits per heavy atom. The molecule has 1 aromatic heterocycles. The molecule has 0 radical (unpaired) electrons. The minimum absolute atomic E-state index is 0.0230. The number of nitrogens with two attached hydrogens (primary N) is 1. The first-order chi connectivity index (χ1) is 9.50. The molecule has 1 atom stereocenters. The van der Waals surface area contributed by atoms with E-state index in [1.807, 2.05) is 0 Å². The molecule has 110 valence electrons. The molecule has 2 rings (SSSR count). The highest BCUT2D eigenvalue weighted by Gasteiger charge is 2.32. The summed E-state index contributed by atoms with van der Waals surface area (Å²) in [6, 6.07) is 1.63. The predicted octanol–water partition coefficient (Wildman–Crippen LogP) is 1.83. The van der Waals surface area contributed by atoms with Crippen LogP contribution in [0.3, 0.4) is 0 Å². The number of oxime groups is 1. The zero-order valence-electron chi connectivity index (χ0n) is 11.6. The quantitative estimate of drug-likeness (QED) is 0.385. The van der Waals surface area contributed by atoms with Gasteiger partial charge in [0, 0.05) is 32.0 Å². The Morgan fingerprint density at radius 3 is 3.05 bits per heavy atom. The van der Waals surface area contributed by atoms with Crippen molar-refractivity contribution in [3.8, 4) is 0 Å². The fourth-order valence-electron chi connectivity index (χ4n) is 2.46. The van der Waals surface area contributed by atoms with Crippen LogP contribution in [0.2, 0.25) is 5.02 Å². The Hall–Kier alpha value is -1.53. The number of aromatic nitrogens is 1. The molecule has 1 aliphatic rings. The van der Waals surface area contributed by atoms with Crippen LogP contribution in [0, 0.1) is 0 Å². The summed E-state index contributed by atoms with van der Waals surface area (Å²) in [5.74, 6) is 0.615. The van der Waals surface area contributed by atoms with E-state index in [0.29, 0.717) is 22.9 Å². The summed E-state index contributed by atoms with van der Waals surface area (Å²) < 4.78 is 5.57. The highest BCUT2D eigenvalue weighted by molar-refractivity contribution is 6.36. The van der Waals surface area contributed by atoms with Crippen molar-refractivity contribution >= 4 is 23.3 Å². The Bertz CT molecular complexity index is 523. The monoisotopic (exact) mass is 298 g/mol. The summed E-state index contributed by atoms with van der Waals surface area (Å²) in [5, 5.41) is 12.2. The van der Waals surface area contributed by atoms with Gasteiger partial charge in [0.05, 0.1) is 10.6 Å². The fraction of sp³-hybridized carbons (Fsp3) is 0.538. The number of piperidine rings is 1. The minimum atomic E-state index is -0.212. The molecule has 0 amide bonds. The summed E-state index contributed by atoms with van der Waals surface area (Å²) in [5.41, 5.74) is 5.88. The number of rotatable bonds is 3. The number of ether oxygens (including phenoxy) is 1. The lowest BCUT2D eigenvalue weighted by Gasteiger charge is -2.40. The van der Waals surface area contributed by atoms with Crippen molar-refractivity contribution in [3.05, 3.63) is 22.8 Å². The molecular formula is C13H19ClN4O2. The van der Waals surface area contributed by atoms with E-state index in [0.717, 1.165) is 19.4 Å². The molecular weight excluding hydrogens is 280 g/mol. The van der Waals surface area contributed by atoms with E-state index in [1.54, 1.807) is 19.4 Å². The van der Waals surface area contributed by atoms with Crippen molar-refractivity contribution < 1.29 is 9.94 Å². The maximum Gasteiger partial charge on any atom is 0.171 e. The van der Waals surface area contributed by atoms with Crippen molar-refractivity contribution in [2.75, 3.05) is 25.1 Å². The average Bonchev–Trinajstić information content (AvgIpc) is 2.47. The molecule has 1 fully saturated rings. The van der Waals surface area contributed by atoms with Gasteiger partial charge in [-0.2, -0.15) is 0 Å². The van der Waals surface area contributed by atoms with Crippen molar-refractivity contribution in [1.29, 1.82) is 0 Å². The molecule has 0 aromatic carbocycles. The van der Waals surface area contributed by atoms with Gasteiger partial charge < -0.3 is 20.6 Å². The summed E-state index contributed by atoms with van der Waals surface area (Å²) in [6.07, 6.45) is 3.60. The van der Waals surface area contributed by atoms with E-state index in [-0.39, 0.29) is 11.4 Å². The lowest BCUT2D eigenvalue weighted by Crippen LogP contribution is -2.47. The first-order valence-electron chi connectivity index (χ1n) is 6.43. The second-order valence-electron chi connectivity index (χ2n) is 5.16. The van der Waals surface area contributed by atoms with Crippen LogP contribution in [0.25, 0.3) is 0 Å². The van der Waals surface area contributed by atoms with E-state index in [9.17, 15) is 0 Å². The Morgan fingerprint density at radius 1 is 1.65 bits per heavy atom. The van der Waals surface area contributed by atoms with E-state index in [4.69, 9.17) is 27.3 Å². The van der Waals surface area contributed by atoms with Crippen LogP contribution in [-0.4, -0.2) is 41.8 Å². The summed E-state index contributed by atoms with van der Waals surface area (Å²) in [4.78, 5) is 6.40. The number of pyridine rings is 1. The largest absolute Gasteiger partial charge is 0.409 e. The van der Waals surface area contributed by atoms with Gasteiger partial charge in [0.25, 0.3) is 0 Å². The van der Waals surface area contributed by atoms with Gasteiger partial charge in [0.15, 0.2) is 5.84 Å². The molecule has 2 heterocycles. The maximum absolute atomic E-state index is 8.79. The smallest absolute Gasteiger partial charge is 0.171 e. The Labute approximate surface area is 123 Å². The van der Waals surface area contributed by atoms with E-state index in [1.165, 1.54) is 0 Å². The third-order valence-electron chi connectivity index (χ3n) is 3.71. The van der Waals surface area contributed by atoms with Crippen molar-refractivity contribution in [1.82, 2.24) is 4.98 Å². The van der Waals surface area contributed by atoms with Crippen molar-refractivity contribution in [3.63, 3.8) is 0 Å². The van der Waals surface area contributed by atoms with Crippen LogP contribution in [-0.2, 0) is 4.74 Å². The molecule has 0 aliphatic carbocycles. The highest BCUT2D eigenvalue weighted by Crippen LogP contribution is 2.32. The molecule has 1 aliphatic heterocycles. The number of amidine groups is 1. The van der Waals surface area contributed by atoms with Crippen LogP contribution < -0.4 is 10.6 Å². The summed E-state index contributed by atoms with van der Waals surface area (Å²) >= 11 is 6.34.